The van der Waals surface area contributed by atoms with E-state index in [1.54, 1.807) is 13.8 Å². The minimum atomic E-state index is -0.655. The lowest BCUT2D eigenvalue weighted by atomic mass is 9.86. The van der Waals surface area contributed by atoms with Crippen molar-refractivity contribution in [2.75, 3.05) is 6.61 Å². The van der Waals surface area contributed by atoms with Crippen molar-refractivity contribution in [1.82, 2.24) is 10.6 Å². The Morgan fingerprint density at radius 3 is 2.25 bits per heavy atom. The zero-order valence-electron chi connectivity index (χ0n) is 14.7. The van der Waals surface area contributed by atoms with Crippen molar-refractivity contribution < 1.29 is 19.1 Å². The van der Waals surface area contributed by atoms with Gasteiger partial charge in [-0.05, 0) is 25.3 Å². The van der Waals surface area contributed by atoms with Crippen molar-refractivity contribution in [2.24, 2.45) is 5.92 Å². The summed E-state index contributed by atoms with van der Waals surface area (Å²) in [5.74, 6) is -1.48. The number of benzene rings is 1. The summed E-state index contributed by atoms with van der Waals surface area (Å²) in [6.07, 6.45) is 0.803. The van der Waals surface area contributed by atoms with Gasteiger partial charge in [0.05, 0.1) is 5.92 Å². The van der Waals surface area contributed by atoms with Crippen molar-refractivity contribution in [2.45, 2.75) is 46.1 Å². The highest BCUT2D eigenvalue weighted by Crippen LogP contribution is 2.28. The molecule has 0 bridgehead atoms. The third kappa shape index (κ3) is 6.40. The molecule has 1 aromatic carbocycles. The third-order valence-corrected chi connectivity index (χ3v) is 3.64. The summed E-state index contributed by atoms with van der Waals surface area (Å²) in [6, 6.07) is 8.65. The average molecular weight is 334 g/mol. The molecule has 0 aromatic heterocycles. The minimum absolute atomic E-state index is 0.0761. The lowest BCUT2D eigenvalue weighted by molar-refractivity contribution is -0.151. The number of rotatable bonds is 7. The van der Waals surface area contributed by atoms with Gasteiger partial charge in [0.2, 0.25) is 0 Å². The van der Waals surface area contributed by atoms with E-state index in [1.807, 2.05) is 44.2 Å². The molecule has 1 rings (SSSR count). The molecular formula is C18H26N2O4. The van der Waals surface area contributed by atoms with Gasteiger partial charge >= 0.3 is 12.0 Å². The number of carbonyl (C=O) groups is 3. The molecule has 2 N–H and O–H groups in total. The van der Waals surface area contributed by atoms with Crippen LogP contribution in [0, 0.1) is 5.92 Å². The van der Waals surface area contributed by atoms with Gasteiger partial charge < -0.3 is 10.1 Å². The van der Waals surface area contributed by atoms with Crippen LogP contribution in [0.4, 0.5) is 4.79 Å². The fourth-order valence-corrected chi connectivity index (χ4v) is 2.28. The summed E-state index contributed by atoms with van der Waals surface area (Å²) in [6.45, 7) is 7.04. The van der Waals surface area contributed by atoms with E-state index >= 15 is 0 Å². The standard InChI is InChI=1S/C18H26N2O4/c1-5-13(4)16(14-9-7-6-8-10-14)17(22)24-11-15(21)20-18(23)19-12(2)3/h6-10,12-13,16H,5,11H2,1-4H3,(H2,19,20,21,23)/t13-,16+/m0/s1. The number of esters is 1. The largest absolute Gasteiger partial charge is 0.455 e. The van der Waals surface area contributed by atoms with E-state index in [9.17, 15) is 14.4 Å². The van der Waals surface area contributed by atoms with Gasteiger partial charge in [0.15, 0.2) is 6.61 Å². The molecule has 0 fully saturated rings. The summed E-state index contributed by atoms with van der Waals surface area (Å²) in [7, 11) is 0. The highest BCUT2D eigenvalue weighted by molar-refractivity contribution is 5.95. The zero-order chi connectivity index (χ0) is 18.1. The van der Waals surface area contributed by atoms with Gasteiger partial charge in [0.25, 0.3) is 5.91 Å². The maximum Gasteiger partial charge on any atom is 0.321 e. The first kappa shape index (κ1) is 19.7. The Morgan fingerprint density at radius 2 is 1.71 bits per heavy atom. The molecule has 6 heteroatoms. The minimum Gasteiger partial charge on any atom is -0.455 e. The molecule has 1 aromatic rings. The normalized spacial score (nSPS) is 13.0. The SMILES string of the molecule is CC[C@H](C)[C@@H](C(=O)OCC(=O)NC(=O)NC(C)C)c1ccccc1. The fraction of sp³-hybridized carbons (Fsp3) is 0.500. The third-order valence-electron chi connectivity index (χ3n) is 3.64. The number of hydrogen-bond acceptors (Lipinski definition) is 4. The van der Waals surface area contributed by atoms with E-state index in [1.165, 1.54) is 0 Å². The topological polar surface area (TPSA) is 84.5 Å². The molecule has 24 heavy (non-hydrogen) atoms. The average Bonchev–Trinajstić information content (AvgIpc) is 2.53. The van der Waals surface area contributed by atoms with Crippen LogP contribution in [0.2, 0.25) is 0 Å². The van der Waals surface area contributed by atoms with Crippen LogP contribution in [0.1, 0.15) is 45.6 Å². The summed E-state index contributed by atoms with van der Waals surface area (Å²) in [5.41, 5.74) is 0.856. The van der Waals surface area contributed by atoms with E-state index < -0.39 is 30.4 Å². The van der Waals surface area contributed by atoms with Gasteiger partial charge in [-0.2, -0.15) is 0 Å². The second-order valence-electron chi connectivity index (χ2n) is 6.06. The first-order valence-electron chi connectivity index (χ1n) is 8.17. The molecule has 0 heterocycles. The molecule has 0 radical (unpaired) electrons. The molecule has 0 aliphatic carbocycles. The van der Waals surface area contributed by atoms with E-state index in [2.05, 4.69) is 10.6 Å². The quantitative estimate of drug-likeness (QED) is 0.751. The van der Waals surface area contributed by atoms with Crippen molar-refractivity contribution in [3.8, 4) is 0 Å². The molecule has 0 aliphatic heterocycles. The van der Waals surface area contributed by atoms with E-state index in [0.717, 1.165) is 12.0 Å². The van der Waals surface area contributed by atoms with E-state index in [0.29, 0.717) is 0 Å². The van der Waals surface area contributed by atoms with Crippen LogP contribution in [0.15, 0.2) is 30.3 Å². The first-order valence-corrected chi connectivity index (χ1v) is 8.17. The molecule has 0 spiro atoms. The molecule has 3 amide bonds. The maximum absolute atomic E-state index is 12.4. The van der Waals surface area contributed by atoms with E-state index in [4.69, 9.17) is 4.74 Å². The van der Waals surface area contributed by atoms with Crippen LogP contribution < -0.4 is 10.6 Å². The van der Waals surface area contributed by atoms with Crippen LogP contribution in [0.5, 0.6) is 0 Å². The Balaban J connectivity index is 2.63. The number of urea groups is 1. The molecule has 0 saturated heterocycles. The van der Waals surface area contributed by atoms with Gasteiger partial charge in [-0.25, -0.2) is 4.79 Å². The Bertz CT molecular complexity index is 557. The predicted octanol–water partition coefficient (Wildman–Crippen LogP) is 2.59. The summed E-state index contributed by atoms with van der Waals surface area (Å²) in [5, 5.41) is 4.65. The highest BCUT2D eigenvalue weighted by Gasteiger charge is 2.27. The zero-order valence-corrected chi connectivity index (χ0v) is 14.7. The molecule has 0 unspecified atom stereocenters. The first-order chi connectivity index (χ1) is 11.3. The number of amides is 3. The van der Waals surface area contributed by atoms with Crippen LogP contribution in [0.3, 0.4) is 0 Å². The number of imide groups is 1. The summed E-state index contributed by atoms with van der Waals surface area (Å²) < 4.78 is 5.12. The predicted molar refractivity (Wildman–Crippen MR) is 91.4 cm³/mol. The van der Waals surface area contributed by atoms with Crippen molar-refractivity contribution in [3.63, 3.8) is 0 Å². The van der Waals surface area contributed by atoms with Gasteiger partial charge in [0, 0.05) is 6.04 Å². The smallest absolute Gasteiger partial charge is 0.321 e. The van der Waals surface area contributed by atoms with Gasteiger partial charge in [-0.15, -0.1) is 0 Å². The number of hydrogen-bond donors (Lipinski definition) is 2. The Hall–Kier alpha value is -2.37. The second-order valence-corrected chi connectivity index (χ2v) is 6.06. The molecule has 0 saturated carbocycles. The maximum atomic E-state index is 12.4. The van der Waals surface area contributed by atoms with Crippen LogP contribution in [-0.4, -0.2) is 30.6 Å². The Labute approximate surface area is 143 Å². The number of nitrogens with one attached hydrogen (secondary N) is 2. The lowest BCUT2D eigenvalue weighted by Crippen LogP contribution is -2.44. The van der Waals surface area contributed by atoms with Crippen LogP contribution >= 0.6 is 0 Å². The van der Waals surface area contributed by atoms with Gasteiger partial charge in [0.1, 0.15) is 0 Å². The van der Waals surface area contributed by atoms with Crippen LogP contribution in [0.25, 0.3) is 0 Å². The number of ether oxygens (including phenoxy) is 1. The van der Waals surface area contributed by atoms with E-state index in [-0.39, 0.29) is 12.0 Å². The van der Waals surface area contributed by atoms with Crippen molar-refractivity contribution in [1.29, 1.82) is 0 Å². The van der Waals surface area contributed by atoms with Crippen molar-refractivity contribution in [3.05, 3.63) is 35.9 Å². The molecule has 6 nitrogen and oxygen atoms in total. The molecule has 0 aliphatic rings. The second kappa shape index (κ2) is 9.70. The van der Waals surface area contributed by atoms with Crippen LogP contribution in [-0.2, 0) is 14.3 Å². The molecular weight excluding hydrogens is 308 g/mol. The molecule has 132 valence electrons. The summed E-state index contributed by atoms with van der Waals surface area (Å²) >= 11 is 0. The Morgan fingerprint density at radius 1 is 1.08 bits per heavy atom. The molecule has 2 atom stereocenters. The lowest BCUT2D eigenvalue weighted by Gasteiger charge is -2.21. The fourth-order valence-electron chi connectivity index (χ4n) is 2.28. The highest BCUT2D eigenvalue weighted by atomic mass is 16.5. The Kier molecular flexibility index (Phi) is 7.95. The summed E-state index contributed by atoms with van der Waals surface area (Å²) in [4.78, 5) is 35.5. The number of carbonyl (C=O) groups excluding carboxylic acids is 3. The van der Waals surface area contributed by atoms with Crippen molar-refractivity contribution >= 4 is 17.9 Å². The van der Waals surface area contributed by atoms with Gasteiger partial charge in [-0.1, -0.05) is 50.6 Å². The van der Waals surface area contributed by atoms with Gasteiger partial charge in [-0.3, -0.25) is 14.9 Å². The monoisotopic (exact) mass is 334 g/mol.